The molecule has 1 N–H and O–H groups in total. The third kappa shape index (κ3) is 4.61. The quantitative estimate of drug-likeness (QED) is 0.865. The molecule has 1 atom stereocenters. The lowest BCUT2D eigenvalue weighted by Crippen LogP contribution is -2.53. The summed E-state index contributed by atoms with van der Waals surface area (Å²) in [6, 6.07) is 10.7. The summed E-state index contributed by atoms with van der Waals surface area (Å²) < 4.78 is 0. The molecule has 2 saturated heterocycles. The first kappa shape index (κ1) is 19.1. The summed E-state index contributed by atoms with van der Waals surface area (Å²) in [4.78, 5) is 21.8. The van der Waals surface area contributed by atoms with Crippen LogP contribution in [0.5, 0.6) is 0 Å². The van der Waals surface area contributed by atoms with Crippen molar-refractivity contribution in [2.45, 2.75) is 52.0 Å². The Morgan fingerprint density at radius 2 is 1.93 bits per heavy atom. The topological polar surface area (TPSA) is 65.1 Å². The van der Waals surface area contributed by atoms with Gasteiger partial charge in [-0.1, -0.05) is 30.3 Å². The third-order valence-electron chi connectivity index (χ3n) is 6.21. The first-order valence-electron chi connectivity index (χ1n) is 10.5. The fraction of sp³-hybridized carbons (Fsp3) is 0.591. The minimum Gasteiger partial charge on any atom is -0.342 e. The van der Waals surface area contributed by atoms with Crippen LogP contribution in [-0.4, -0.2) is 57.1 Å². The number of amides is 1. The van der Waals surface area contributed by atoms with Crippen LogP contribution in [0, 0.1) is 12.3 Å². The Labute approximate surface area is 167 Å². The minimum atomic E-state index is 0.252. The van der Waals surface area contributed by atoms with E-state index in [0.717, 1.165) is 50.8 Å². The number of benzene rings is 1. The minimum absolute atomic E-state index is 0.252. The number of carbonyl (C=O) groups excluding carboxylic acids is 1. The van der Waals surface area contributed by atoms with E-state index >= 15 is 0 Å². The van der Waals surface area contributed by atoms with Crippen LogP contribution in [0.3, 0.4) is 0 Å². The number of H-pyrrole nitrogens is 1. The molecule has 3 heterocycles. The SMILES string of the molecule is Cc1nc(CCC(=O)N2CCC[C@@]3(CCCN(Cc4ccccc4)C3)C2)n[nH]1. The molecule has 2 aliphatic heterocycles. The zero-order valence-electron chi connectivity index (χ0n) is 16.9. The van der Waals surface area contributed by atoms with Crippen molar-refractivity contribution in [1.29, 1.82) is 0 Å². The lowest BCUT2D eigenvalue weighted by atomic mass is 9.73. The monoisotopic (exact) mass is 381 g/mol. The molecule has 2 fully saturated rings. The zero-order valence-corrected chi connectivity index (χ0v) is 16.9. The molecule has 0 radical (unpaired) electrons. The number of nitrogens with one attached hydrogen (secondary N) is 1. The van der Waals surface area contributed by atoms with E-state index in [0.29, 0.717) is 12.8 Å². The molecule has 28 heavy (non-hydrogen) atoms. The smallest absolute Gasteiger partial charge is 0.223 e. The number of piperidine rings is 2. The second-order valence-corrected chi connectivity index (χ2v) is 8.56. The molecule has 1 amide bonds. The number of rotatable bonds is 5. The van der Waals surface area contributed by atoms with E-state index in [-0.39, 0.29) is 11.3 Å². The van der Waals surface area contributed by atoms with Crippen molar-refractivity contribution < 1.29 is 4.79 Å². The highest BCUT2D eigenvalue weighted by Gasteiger charge is 2.40. The van der Waals surface area contributed by atoms with E-state index in [9.17, 15) is 4.79 Å². The van der Waals surface area contributed by atoms with E-state index < -0.39 is 0 Å². The second-order valence-electron chi connectivity index (χ2n) is 8.56. The Balaban J connectivity index is 1.34. The standard InChI is InChI=1S/C22H31N5O/c1-18-23-20(25-24-18)9-10-21(28)27-14-6-12-22(17-27)11-5-13-26(16-22)15-19-7-3-2-4-8-19/h2-4,7-8H,5-6,9-17H2,1H3,(H,23,24,25)/t22-/m1/s1. The number of likely N-dealkylation sites (tertiary alicyclic amines) is 2. The predicted octanol–water partition coefficient (Wildman–Crippen LogP) is 2.95. The Kier molecular flexibility index (Phi) is 5.76. The maximum absolute atomic E-state index is 12.8. The molecule has 1 aromatic heterocycles. The van der Waals surface area contributed by atoms with Crippen LogP contribution in [-0.2, 0) is 17.8 Å². The van der Waals surface area contributed by atoms with Gasteiger partial charge in [-0.15, -0.1) is 0 Å². The number of aromatic amines is 1. The van der Waals surface area contributed by atoms with Crippen LogP contribution >= 0.6 is 0 Å². The van der Waals surface area contributed by atoms with Crippen LogP contribution in [0.2, 0.25) is 0 Å². The number of hydrogen-bond acceptors (Lipinski definition) is 4. The van der Waals surface area contributed by atoms with Crippen LogP contribution in [0.15, 0.2) is 30.3 Å². The van der Waals surface area contributed by atoms with Gasteiger partial charge in [-0.2, -0.15) is 5.10 Å². The van der Waals surface area contributed by atoms with Crippen molar-refractivity contribution in [3.63, 3.8) is 0 Å². The third-order valence-corrected chi connectivity index (χ3v) is 6.21. The maximum Gasteiger partial charge on any atom is 0.223 e. The lowest BCUT2D eigenvalue weighted by molar-refractivity contribution is -0.136. The highest BCUT2D eigenvalue weighted by atomic mass is 16.2. The Hall–Kier alpha value is -2.21. The van der Waals surface area contributed by atoms with Gasteiger partial charge >= 0.3 is 0 Å². The van der Waals surface area contributed by atoms with Crippen LogP contribution in [0.4, 0.5) is 0 Å². The van der Waals surface area contributed by atoms with Gasteiger partial charge in [-0.25, -0.2) is 4.98 Å². The van der Waals surface area contributed by atoms with Gasteiger partial charge in [0.15, 0.2) is 5.82 Å². The zero-order chi connectivity index (χ0) is 19.4. The van der Waals surface area contributed by atoms with E-state index in [2.05, 4.69) is 55.3 Å². The predicted molar refractivity (Wildman–Crippen MR) is 109 cm³/mol. The van der Waals surface area contributed by atoms with Crippen molar-refractivity contribution in [1.82, 2.24) is 25.0 Å². The summed E-state index contributed by atoms with van der Waals surface area (Å²) in [6.07, 6.45) is 5.94. The summed E-state index contributed by atoms with van der Waals surface area (Å²) in [6.45, 7) is 6.97. The van der Waals surface area contributed by atoms with Gasteiger partial charge < -0.3 is 4.90 Å². The summed E-state index contributed by atoms with van der Waals surface area (Å²) in [5.74, 6) is 1.80. The maximum atomic E-state index is 12.8. The average Bonchev–Trinajstić information content (AvgIpc) is 3.12. The Bertz CT molecular complexity index is 785. The van der Waals surface area contributed by atoms with Crippen molar-refractivity contribution in [3.05, 3.63) is 47.5 Å². The Morgan fingerprint density at radius 1 is 1.14 bits per heavy atom. The molecule has 1 spiro atoms. The highest BCUT2D eigenvalue weighted by Crippen LogP contribution is 2.39. The van der Waals surface area contributed by atoms with Gasteiger partial charge in [0, 0.05) is 44.4 Å². The molecule has 1 aromatic carbocycles. The number of aromatic nitrogens is 3. The van der Waals surface area contributed by atoms with E-state index in [1.54, 1.807) is 0 Å². The molecular weight excluding hydrogens is 350 g/mol. The molecule has 6 heteroatoms. The van der Waals surface area contributed by atoms with Gasteiger partial charge in [0.1, 0.15) is 5.82 Å². The normalized spacial score (nSPS) is 23.2. The number of aryl methyl sites for hydroxylation is 2. The second kappa shape index (κ2) is 8.43. The molecule has 6 nitrogen and oxygen atoms in total. The fourth-order valence-corrected chi connectivity index (χ4v) is 4.92. The molecule has 0 unspecified atom stereocenters. The van der Waals surface area contributed by atoms with Gasteiger partial charge in [0.2, 0.25) is 5.91 Å². The van der Waals surface area contributed by atoms with Crippen molar-refractivity contribution in [2.75, 3.05) is 26.2 Å². The Morgan fingerprint density at radius 3 is 2.68 bits per heavy atom. The first-order chi connectivity index (χ1) is 13.6. The molecule has 2 aliphatic rings. The molecule has 0 saturated carbocycles. The van der Waals surface area contributed by atoms with Crippen molar-refractivity contribution in [2.24, 2.45) is 5.41 Å². The van der Waals surface area contributed by atoms with Gasteiger partial charge in [-0.3, -0.25) is 14.8 Å². The van der Waals surface area contributed by atoms with Crippen LogP contribution < -0.4 is 0 Å². The lowest BCUT2D eigenvalue weighted by Gasteiger charge is -2.48. The summed E-state index contributed by atoms with van der Waals surface area (Å²) in [5.41, 5.74) is 1.65. The molecule has 4 rings (SSSR count). The number of nitrogens with zero attached hydrogens (tertiary/aromatic N) is 4. The highest BCUT2D eigenvalue weighted by molar-refractivity contribution is 5.76. The average molecular weight is 382 g/mol. The number of hydrogen-bond donors (Lipinski definition) is 1. The largest absolute Gasteiger partial charge is 0.342 e. The molecular formula is C22H31N5O. The van der Waals surface area contributed by atoms with E-state index in [4.69, 9.17) is 0 Å². The first-order valence-corrected chi connectivity index (χ1v) is 10.5. The molecule has 0 bridgehead atoms. The number of carbonyl (C=O) groups is 1. The summed E-state index contributed by atoms with van der Waals surface area (Å²) >= 11 is 0. The van der Waals surface area contributed by atoms with E-state index in [1.807, 2.05) is 6.92 Å². The summed E-state index contributed by atoms with van der Waals surface area (Å²) in [7, 11) is 0. The van der Waals surface area contributed by atoms with Crippen molar-refractivity contribution in [3.8, 4) is 0 Å². The van der Waals surface area contributed by atoms with Gasteiger partial charge in [0.25, 0.3) is 0 Å². The molecule has 150 valence electrons. The van der Waals surface area contributed by atoms with Crippen LogP contribution in [0.25, 0.3) is 0 Å². The van der Waals surface area contributed by atoms with E-state index in [1.165, 1.54) is 24.8 Å². The van der Waals surface area contributed by atoms with Crippen molar-refractivity contribution >= 4 is 5.91 Å². The van der Waals surface area contributed by atoms with Gasteiger partial charge in [-0.05, 0) is 44.7 Å². The van der Waals surface area contributed by atoms with Gasteiger partial charge in [0.05, 0.1) is 0 Å². The summed E-state index contributed by atoms with van der Waals surface area (Å²) in [5, 5.41) is 7.00. The molecule has 2 aromatic rings. The molecule has 0 aliphatic carbocycles. The van der Waals surface area contributed by atoms with Crippen LogP contribution in [0.1, 0.15) is 49.3 Å². The fourth-order valence-electron chi connectivity index (χ4n) is 4.92.